The summed E-state index contributed by atoms with van der Waals surface area (Å²) in [5.41, 5.74) is 1.04. The Morgan fingerprint density at radius 3 is 2.11 bits per heavy atom. The van der Waals surface area contributed by atoms with Crippen molar-refractivity contribution in [2.45, 2.75) is 6.18 Å². The number of halogens is 3. The summed E-state index contributed by atoms with van der Waals surface area (Å²) in [7, 11) is 3.90. The van der Waals surface area contributed by atoms with Crippen molar-refractivity contribution >= 4 is 28.7 Å². The van der Waals surface area contributed by atoms with Crippen molar-refractivity contribution < 1.29 is 13.2 Å². The predicted molar refractivity (Wildman–Crippen MR) is 101 cm³/mol. The van der Waals surface area contributed by atoms with Gasteiger partial charge in [-0.15, -0.1) is 0 Å². The summed E-state index contributed by atoms with van der Waals surface area (Å²) in [6.07, 6.45) is -3.17. The average Bonchev–Trinajstić information content (AvgIpc) is 2.62. The van der Waals surface area contributed by atoms with E-state index < -0.39 is 11.7 Å². The van der Waals surface area contributed by atoms with Crippen LogP contribution in [0.5, 0.6) is 0 Å². The fraction of sp³-hybridized carbons (Fsp3) is 0.158. The number of alkyl halides is 3. The molecule has 1 aromatic heterocycles. The van der Waals surface area contributed by atoms with Gasteiger partial charge in [0.1, 0.15) is 18.0 Å². The highest BCUT2D eigenvalue weighted by molar-refractivity contribution is 5.66. The van der Waals surface area contributed by atoms with E-state index in [1.807, 2.05) is 43.3 Å². The average molecular weight is 373 g/mol. The first-order valence-electron chi connectivity index (χ1n) is 8.12. The van der Waals surface area contributed by atoms with Crippen LogP contribution in [-0.4, -0.2) is 24.1 Å². The van der Waals surface area contributed by atoms with Crippen LogP contribution in [0.15, 0.2) is 60.9 Å². The second-order valence-corrected chi connectivity index (χ2v) is 6.02. The van der Waals surface area contributed by atoms with Crippen molar-refractivity contribution in [2.75, 3.05) is 29.6 Å². The number of para-hydroxylation sites is 1. The monoisotopic (exact) mass is 373 g/mol. The molecule has 0 unspecified atom stereocenters. The van der Waals surface area contributed by atoms with Crippen LogP contribution in [0.4, 0.5) is 41.9 Å². The zero-order valence-corrected chi connectivity index (χ0v) is 14.7. The van der Waals surface area contributed by atoms with Gasteiger partial charge in [-0.25, -0.2) is 9.97 Å². The number of nitrogens with zero attached hydrogens (tertiary/aromatic N) is 3. The standard InChI is InChI=1S/C19H18F3N5/c1-27(2)14-9-7-13(8-10-14)25-17-11-18(24-12-23-17)26-16-6-4-3-5-15(16)19(20,21)22/h3-12H,1-2H3,(H2,23,24,25,26). The van der Waals surface area contributed by atoms with Gasteiger partial charge < -0.3 is 15.5 Å². The highest BCUT2D eigenvalue weighted by atomic mass is 19.4. The van der Waals surface area contributed by atoms with E-state index in [1.54, 1.807) is 6.07 Å². The SMILES string of the molecule is CN(C)c1ccc(Nc2cc(Nc3ccccc3C(F)(F)F)ncn2)cc1. The van der Waals surface area contributed by atoms with Crippen LogP contribution in [0.2, 0.25) is 0 Å². The molecule has 27 heavy (non-hydrogen) atoms. The maximum absolute atomic E-state index is 13.1. The molecule has 0 saturated heterocycles. The number of benzene rings is 2. The largest absolute Gasteiger partial charge is 0.418 e. The minimum absolute atomic E-state index is 0.0648. The third-order valence-corrected chi connectivity index (χ3v) is 3.82. The molecule has 0 spiro atoms. The van der Waals surface area contributed by atoms with Crippen molar-refractivity contribution in [3.8, 4) is 0 Å². The zero-order valence-electron chi connectivity index (χ0n) is 14.7. The van der Waals surface area contributed by atoms with E-state index >= 15 is 0 Å². The molecule has 140 valence electrons. The van der Waals surface area contributed by atoms with Crippen LogP contribution < -0.4 is 15.5 Å². The van der Waals surface area contributed by atoms with Crippen molar-refractivity contribution in [1.29, 1.82) is 0 Å². The lowest BCUT2D eigenvalue weighted by Crippen LogP contribution is -2.09. The first-order valence-corrected chi connectivity index (χ1v) is 8.12. The topological polar surface area (TPSA) is 53.1 Å². The number of aromatic nitrogens is 2. The minimum Gasteiger partial charge on any atom is -0.378 e. The second-order valence-electron chi connectivity index (χ2n) is 6.02. The lowest BCUT2D eigenvalue weighted by Gasteiger charge is -2.15. The Morgan fingerprint density at radius 2 is 1.48 bits per heavy atom. The molecule has 3 rings (SSSR count). The van der Waals surface area contributed by atoms with Crippen LogP contribution in [-0.2, 0) is 6.18 Å². The van der Waals surface area contributed by atoms with Gasteiger partial charge in [-0.3, -0.25) is 0 Å². The zero-order chi connectivity index (χ0) is 19.4. The smallest absolute Gasteiger partial charge is 0.378 e. The van der Waals surface area contributed by atoms with E-state index in [0.29, 0.717) is 5.82 Å². The Hall–Kier alpha value is -3.29. The van der Waals surface area contributed by atoms with Gasteiger partial charge in [-0.1, -0.05) is 12.1 Å². The third-order valence-electron chi connectivity index (χ3n) is 3.82. The van der Waals surface area contributed by atoms with Crippen LogP contribution in [0.1, 0.15) is 5.56 Å². The summed E-state index contributed by atoms with van der Waals surface area (Å²) >= 11 is 0. The van der Waals surface area contributed by atoms with Crippen LogP contribution in [0.3, 0.4) is 0 Å². The van der Waals surface area contributed by atoms with Crippen LogP contribution in [0.25, 0.3) is 0 Å². The van der Waals surface area contributed by atoms with Gasteiger partial charge in [0, 0.05) is 31.5 Å². The molecule has 0 amide bonds. The van der Waals surface area contributed by atoms with E-state index in [2.05, 4.69) is 20.6 Å². The maximum Gasteiger partial charge on any atom is 0.418 e. The fourth-order valence-corrected chi connectivity index (χ4v) is 2.46. The molecular weight excluding hydrogens is 355 g/mol. The van der Waals surface area contributed by atoms with Gasteiger partial charge in [-0.05, 0) is 36.4 Å². The van der Waals surface area contributed by atoms with Gasteiger partial charge in [0.05, 0.1) is 11.3 Å². The molecular formula is C19H18F3N5. The quantitative estimate of drug-likeness (QED) is 0.656. The van der Waals surface area contributed by atoms with E-state index in [1.165, 1.54) is 24.5 Å². The molecule has 0 atom stereocenters. The fourth-order valence-electron chi connectivity index (χ4n) is 2.46. The number of hydrogen-bond donors (Lipinski definition) is 2. The van der Waals surface area contributed by atoms with E-state index in [4.69, 9.17) is 0 Å². The number of anilines is 5. The van der Waals surface area contributed by atoms with Crippen LogP contribution >= 0.6 is 0 Å². The van der Waals surface area contributed by atoms with Gasteiger partial charge in [0.25, 0.3) is 0 Å². The molecule has 0 aliphatic carbocycles. The number of hydrogen-bond acceptors (Lipinski definition) is 5. The molecule has 1 heterocycles. The summed E-state index contributed by atoms with van der Waals surface area (Å²) in [5.74, 6) is 0.726. The van der Waals surface area contributed by atoms with Crippen molar-refractivity contribution in [1.82, 2.24) is 9.97 Å². The summed E-state index contributed by atoms with van der Waals surface area (Å²) in [6, 6.07) is 14.5. The van der Waals surface area contributed by atoms with Crippen LogP contribution in [0, 0.1) is 0 Å². The Kier molecular flexibility index (Phi) is 5.16. The molecule has 0 aliphatic rings. The molecule has 2 N–H and O–H groups in total. The molecule has 2 aromatic carbocycles. The molecule has 0 saturated carbocycles. The summed E-state index contributed by atoms with van der Waals surface area (Å²) < 4.78 is 39.4. The lowest BCUT2D eigenvalue weighted by atomic mass is 10.1. The van der Waals surface area contributed by atoms with E-state index in [-0.39, 0.29) is 11.5 Å². The third kappa shape index (κ3) is 4.66. The first-order chi connectivity index (χ1) is 12.8. The van der Waals surface area contributed by atoms with Gasteiger partial charge >= 0.3 is 6.18 Å². The highest BCUT2D eigenvalue weighted by Crippen LogP contribution is 2.35. The highest BCUT2D eigenvalue weighted by Gasteiger charge is 2.33. The second kappa shape index (κ2) is 7.53. The molecule has 0 radical (unpaired) electrons. The van der Waals surface area contributed by atoms with Gasteiger partial charge in [0.15, 0.2) is 0 Å². The van der Waals surface area contributed by atoms with Crippen molar-refractivity contribution in [3.63, 3.8) is 0 Å². The summed E-state index contributed by atoms with van der Waals surface area (Å²) in [6.45, 7) is 0. The lowest BCUT2D eigenvalue weighted by molar-refractivity contribution is -0.136. The first kappa shape index (κ1) is 18.5. The molecule has 3 aromatic rings. The maximum atomic E-state index is 13.1. The molecule has 0 aliphatic heterocycles. The van der Waals surface area contributed by atoms with Gasteiger partial charge in [-0.2, -0.15) is 13.2 Å². The van der Waals surface area contributed by atoms with Gasteiger partial charge in [0.2, 0.25) is 0 Å². The molecule has 0 fully saturated rings. The minimum atomic E-state index is -4.45. The van der Waals surface area contributed by atoms with Crippen molar-refractivity contribution in [3.05, 3.63) is 66.5 Å². The molecule has 5 nitrogen and oxygen atoms in total. The Bertz CT molecular complexity index is 908. The normalized spacial score (nSPS) is 11.1. The number of rotatable bonds is 5. The Labute approximate surface area is 154 Å². The molecule has 8 heteroatoms. The predicted octanol–water partition coefficient (Wildman–Crippen LogP) is 5.05. The number of nitrogens with one attached hydrogen (secondary N) is 2. The summed E-state index contributed by atoms with van der Waals surface area (Å²) in [5, 5.41) is 5.82. The summed E-state index contributed by atoms with van der Waals surface area (Å²) in [4.78, 5) is 10.1. The Balaban J connectivity index is 1.79. The van der Waals surface area contributed by atoms with Crippen molar-refractivity contribution in [2.24, 2.45) is 0 Å². The Morgan fingerprint density at radius 1 is 0.852 bits per heavy atom. The van der Waals surface area contributed by atoms with E-state index in [0.717, 1.165) is 17.4 Å². The molecule has 0 bridgehead atoms. The van der Waals surface area contributed by atoms with E-state index in [9.17, 15) is 13.2 Å².